The highest BCUT2D eigenvalue weighted by molar-refractivity contribution is 5.19. The molecule has 1 aromatic rings. The fourth-order valence-electron chi connectivity index (χ4n) is 2.02. The van der Waals surface area contributed by atoms with E-state index in [0.29, 0.717) is 31.1 Å². The molecular weight excluding hydrogens is 256 g/mol. The average Bonchev–Trinajstić information content (AvgIpc) is 2.89. The van der Waals surface area contributed by atoms with Crippen LogP contribution in [0, 0.1) is 0 Å². The molecule has 2 N–H and O–H groups in total. The van der Waals surface area contributed by atoms with Crippen LogP contribution in [0.25, 0.3) is 0 Å². The zero-order valence-corrected chi connectivity index (χ0v) is 12.9. The molecule has 6 nitrogen and oxygen atoms in total. The van der Waals surface area contributed by atoms with Gasteiger partial charge in [0, 0.05) is 19.7 Å². The zero-order valence-electron chi connectivity index (χ0n) is 12.9. The molecule has 0 fully saturated rings. The van der Waals surface area contributed by atoms with Crippen molar-refractivity contribution in [3.8, 4) is 0 Å². The third kappa shape index (κ3) is 6.86. The van der Waals surface area contributed by atoms with Crippen LogP contribution in [0.3, 0.4) is 0 Å². The second kappa shape index (κ2) is 10.6. The minimum atomic E-state index is 0.426. The van der Waals surface area contributed by atoms with Crippen LogP contribution in [0.4, 0.5) is 6.01 Å². The minimum absolute atomic E-state index is 0.426. The van der Waals surface area contributed by atoms with E-state index in [1.165, 1.54) is 12.8 Å². The molecule has 0 spiro atoms. The van der Waals surface area contributed by atoms with Gasteiger partial charge in [0.1, 0.15) is 0 Å². The fraction of sp³-hybridized carbons (Fsp3) is 0.857. The Balaban J connectivity index is 2.36. The number of ether oxygens (including phenoxy) is 1. The molecule has 0 aliphatic carbocycles. The average molecular weight is 284 g/mol. The first-order valence-electron chi connectivity index (χ1n) is 7.58. The first kappa shape index (κ1) is 16.9. The topological polar surface area (TPSA) is 72.2 Å². The Morgan fingerprint density at radius 2 is 2.05 bits per heavy atom. The van der Waals surface area contributed by atoms with E-state index in [1.54, 1.807) is 7.11 Å². The van der Waals surface area contributed by atoms with Crippen molar-refractivity contribution in [1.29, 1.82) is 0 Å². The molecule has 1 heterocycles. The van der Waals surface area contributed by atoms with Gasteiger partial charge >= 0.3 is 6.01 Å². The fourth-order valence-corrected chi connectivity index (χ4v) is 2.02. The maximum absolute atomic E-state index is 5.58. The molecule has 0 amide bonds. The SMILES string of the molecule is CCCCC(CCC)Nc1nnc(CNCCOC)o1. The number of methoxy groups -OCH3 is 1. The van der Waals surface area contributed by atoms with E-state index in [4.69, 9.17) is 9.15 Å². The molecule has 1 rings (SSSR count). The summed E-state index contributed by atoms with van der Waals surface area (Å²) >= 11 is 0. The molecule has 0 bridgehead atoms. The van der Waals surface area contributed by atoms with Crippen molar-refractivity contribution in [2.24, 2.45) is 0 Å². The second-order valence-electron chi connectivity index (χ2n) is 4.94. The maximum Gasteiger partial charge on any atom is 0.315 e. The predicted molar refractivity (Wildman–Crippen MR) is 79.7 cm³/mol. The summed E-state index contributed by atoms with van der Waals surface area (Å²) in [5.74, 6) is 0.606. The molecule has 0 saturated carbocycles. The van der Waals surface area contributed by atoms with Gasteiger partial charge in [-0.1, -0.05) is 38.2 Å². The lowest BCUT2D eigenvalue weighted by Gasteiger charge is -2.15. The molecule has 116 valence electrons. The van der Waals surface area contributed by atoms with Gasteiger partial charge < -0.3 is 19.8 Å². The van der Waals surface area contributed by atoms with Crippen LogP contribution >= 0.6 is 0 Å². The van der Waals surface area contributed by atoms with E-state index in [1.807, 2.05) is 0 Å². The Kier molecular flexibility index (Phi) is 8.98. The summed E-state index contributed by atoms with van der Waals surface area (Å²) in [4.78, 5) is 0. The Bertz CT molecular complexity index is 344. The molecule has 0 aliphatic rings. The van der Waals surface area contributed by atoms with Crippen LogP contribution in [-0.2, 0) is 11.3 Å². The normalized spacial score (nSPS) is 12.6. The van der Waals surface area contributed by atoms with Crippen LogP contribution in [-0.4, -0.2) is 36.5 Å². The number of hydrogen-bond acceptors (Lipinski definition) is 6. The molecule has 1 unspecified atom stereocenters. The number of unbranched alkanes of at least 4 members (excludes halogenated alkanes) is 1. The Labute approximate surface area is 121 Å². The molecule has 0 radical (unpaired) electrons. The highest BCUT2D eigenvalue weighted by Gasteiger charge is 2.11. The van der Waals surface area contributed by atoms with E-state index in [0.717, 1.165) is 25.8 Å². The van der Waals surface area contributed by atoms with Crippen molar-refractivity contribution in [3.63, 3.8) is 0 Å². The van der Waals surface area contributed by atoms with Gasteiger partial charge in [-0.05, 0) is 12.8 Å². The minimum Gasteiger partial charge on any atom is -0.407 e. The largest absolute Gasteiger partial charge is 0.407 e. The first-order chi connectivity index (χ1) is 9.80. The Hall–Kier alpha value is -1.14. The van der Waals surface area contributed by atoms with Gasteiger partial charge in [-0.2, -0.15) is 0 Å². The standard InChI is InChI=1S/C14H28N4O2/c1-4-6-8-12(7-5-2)16-14-18-17-13(20-14)11-15-9-10-19-3/h12,15H,4-11H2,1-3H3,(H,16,18). The summed E-state index contributed by atoms with van der Waals surface area (Å²) in [7, 11) is 1.68. The number of rotatable bonds is 12. The van der Waals surface area contributed by atoms with E-state index in [-0.39, 0.29) is 0 Å². The van der Waals surface area contributed by atoms with Crippen LogP contribution in [0.2, 0.25) is 0 Å². The van der Waals surface area contributed by atoms with Gasteiger partial charge in [0.05, 0.1) is 13.2 Å². The van der Waals surface area contributed by atoms with Crippen LogP contribution < -0.4 is 10.6 Å². The van der Waals surface area contributed by atoms with Crippen molar-refractivity contribution in [1.82, 2.24) is 15.5 Å². The molecule has 1 aromatic heterocycles. The molecule has 20 heavy (non-hydrogen) atoms. The smallest absolute Gasteiger partial charge is 0.315 e. The van der Waals surface area contributed by atoms with Crippen molar-refractivity contribution in [2.45, 2.75) is 58.5 Å². The summed E-state index contributed by atoms with van der Waals surface area (Å²) in [6, 6.07) is 0.956. The van der Waals surface area contributed by atoms with Gasteiger partial charge in [-0.25, -0.2) is 0 Å². The lowest BCUT2D eigenvalue weighted by molar-refractivity contribution is 0.198. The van der Waals surface area contributed by atoms with Crippen molar-refractivity contribution >= 4 is 6.01 Å². The lowest BCUT2D eigenvalue weighted by Crippen LogP contribution is -2.19. The summed E-state index contributed by atoms with van der Waals surface area (Å²) < 4.78 is 10.5. The number of hydrogen-bond donors (Lipinski definition) is 2. The maximum atomic E-state index is 5.58. The van der Waals surface area contributed by atoms with Crippen LogP contribution in [0.15, 0.2) is 4.42 Å². The van der Waals surface area contributed by atoms with Gasteiger partial charge in [-0.3, -0.25) is 0 Å². The van der Waals surface area contributed by atoms with E-state index in [2.05, 4.69) is 34.7 Å². The lowest BCUT2D eigenvalue weighted by atomic mass is 10.1. The van der Waals surface area contributed by atoms with Crippen molar-refractivity contribution in [2.75, 3.05) is 25.6 Å². The number of aromatic nitrogens is 2. The van der Waals surface area contributed by atoms with Gasteiger partial charge in [0.2, 0.25) is 5.89 Å². The highest BCUT2D eigenvalue weighted by Crippen LogP contribution is 2.14. The van der Waals surface area contributed by atoms with E-state index >= 15 is 0 Å². The molecule has 6 heteroatoms. The molecule has 0 saturated heterocycles. The molecular formula is C14H28N4O2. The highest BCUT2D eigenvalue weighted by atomic mass is 16.5. The Morgan fingerprint density at radius 1 is 1.20 bits per heavy atom. The number of nitrogens with one attached hydrogen (secondary N) is 2. The summed E-state index contributed by atoms with van der Waals surface area (Å²) in [6.07, 6.45) is 5.86. The summed E-state index contributed by atoms with van der Waals surface area (Å²) in [5, 5.41) is 14.6. The predicted octanol–water partition coefficient (Wildman–Crippen LogP) is 2.58. The van der Waals surface area contributed by atoms with Gasteiger partial charge in [0.15, 0.2) is 0 Å². The van der Waals surface area contributed by atoms with Gasteiger partial charge in [-0.15, -0.1) is 5.10 Å². The molecule has 1 atom stereocenters. The number of nitrogens with zero attached hydrogens (tertiary/aromatic N) is 2. The van der Waals surface area contributed by atoms with Crippen LogP contribution in [0.1, 0.15) is 51.8 Å². The second-order valence-corrected chi connectivity index (χ2v) is 4.94. The van der Waals surface area contributed by atoms with Gasteiger partial charge in [0.25, 0.3) is 0 Å². The van der Waals surface area contributed by atoms with Crippen molar-refractivity contribution in [3.05, 3.63) is 5.89 Å². The molecule has 0 aromatic carbocycles. The third-order valence-corrected chi connectivity index (χ3v) is 3.10. The third-order valence-electron chi connectivity index (χ3n) is 3.10. The number of anilines is 1. The van der Waals surface area contributed by atoms with E-state index in [9.17, 15) is 0 Å². The quantitative estimate of drug-likeness (QED) is 0.575. The summed E-state index contributed by atoms with van der Waals surface area (Å²) in [6.45, 7) is 6.43. The first-order valence-corrected chi connectivity index (χ1v) is 7.58. The van der Waals surface area contributed by atoms with E-state index < -0.39 is 0 Å². The van der Waals surface area contributed by atoms with Crippen molar-refractivity contribution < 1.29 is 9.15 Å². The Morgan fingerprint density at radius 3 is 2.75 bits per heavy atom. The monoisotopic (exact) mass is 284 g/mol. The zero-order chi connectivity index (χ0) is 14.6. The summed E-state index contributed by atoms with van der Waals surface area (Å²) in [5.41, 5.74) is 0. The molecule has 0 aliphatic heterocycles. The van der Waals surface area contributed by atoms with Crippen LogP contribution in [0.5, 0.6) is 0 Å².